The third-order valence-corrected chi connectivity index (χ3v) is 6.61. The average Bonchev–Trinajstić information content (AvgIpc) is 2.85. The number of carbonyl (C=O) groups excluding carboxylic acids is 1. The van der Waals surface area contributed by atoms with Crippen LogP contribution in [0.25, 0.3) is 10.2 Å². The molecule has 2 aromatic heterocycles. The van der Waals surface area contributed by atoms with E-state index in [1.807, 2.05) is 6.92 Å². The highest BCUT2D eigenvalue weighted by Crippen LogP contribution is 2.27. The van der Waals surface area contributed by atoms with Gasteiger partial charge in [-0.3, -0.25) is 9.59 Å². The second-order valence-corrected chi connectivity index (χ2v) is 8.28. The Morgan fingerprint density at radius 1 is 1.33 bits per heavy atom. The van der Waals surface area contributed by atoms with Crippen molar-refractivity contribution in [3.05, 3.63) is 26.6 Å². The number of aryl methyl sites for hydroxylation is 1. The number of Topliss-reactive ketones (excluding diaryl/α,β-unsaturated/α-hetero) is 1. The Hall–Kier alpha value is -1.53. The lowest BCUT2D eigenvalue weighted by molar-refractivity contribution is -0.921. The number of aromatic nitrogens is 2. The van der Waals surface area contributed by atoms with Crippen molar-refractivity contribution in [3.63, 3.8) is 0 Å². The van der Waals surface area contributed by atoms with Crippen LogP contribution < -0.4 is 10.5 Å². The maximum atomic E-state index is 12.4. The lowest BCUT2D eigenvalue weighted by atomic mass is 9.87. The molecule has 1 saturated carbocycles. The number of carbonyl (C=O) groups is 1. The molecule has 2 aromatic rings. The molecule has 0 radical (unpaired) electrons. The van der Waals surface area contributed by atoms with Crippen LogP contribution in [0.3, 0.4) is 0 Å². The molecular weight excluding hydrogens is 322 g/mol. The molecule has 24 heavy (non-hydrogen) atoms. The molecule has 2 heterocycles. The summed E-state index contributed by atoms with van der Waals surface area (Å²) in [7, 11) is 2.19. The zero-order valence-corrected chi connectivity index (χ0v) is 15.7. The topological polar surface area (TPSA) is 67.3 Å². The van der Waals surface area contributed by atoms with Crippen LogP contribution in [0, 0.1) is 12.8 Å². The molecule has 1 atom stereocenters. The highest BCUT2D eigenvalue weighted by Gasteiger charge is 2.25. The molecule has 0 amide bonds. The van der Waals surface area contributed by atoms with E-state index in [1.165, 1.54) is 48.8 Å². The quantitative estimate of drug-likeness (QED) is 0.832. The van der Waals surface area contributed by atoms with Crippen LogP contribution in [0.2, 0.25) is 0 Å². The van der Waals surface area contributed by atoms with Gasteiger partial charge in [0.05, 0.1) is 23.4 Å². The zero-order chi connectivity index (χ0) is 17.4. The number of rotatable bonds is 4. The van der Waals surface area contributed by atoms with Crippen LogP contribution >= 0.6 is 11.3 Å². The van der Waals surface area contributed by atoms with Crippen molar-refractivity contribution in [2.24, 2.45) is 5.92 Å². The largest absolute Gasteiger partial charge is 0.329 e. The molecule has 0 bridgehead atoms. The predicted molar refractivity (Wildman–Crippen MR) is 97.0 cm³/mol. The second kappa shape index (κ2) is 6.76. The van der Waals surface area contributed by atoms with E-state index in [1.54, 1.807) is 0 Å². The molecule has 1 unspecified atom stereocenters. The van der Waals surface area contributed by atoms with Gasteiger partial charge in [0.25, 0.3) is 5.56 Å². The summed E-state index contributed by atoms with van der Waals surface area (Å²) in [4.78, 5) is 34.5. The monoisotopic (exact) mass is 348 g/mol. The summed E-state index contributed by atoms with van der Waals surface area (Å²) >= 11 is 1.33. The van der Waals surface area contributed by atoms with Crippen molar-refractivity contribution in [2.45, 2.75) is 59.0 Å². The second-order valence-electron chi connectivity index (χ2n) is 7.29. The van der Waals surface area contributed by atoms with Gasteiger partial charge < -0.3 is 9.88 Å². The van der Waals surface area contributed by atoms with Crippen molar-refractivity contribution < 1.29 is 9.69 Å². The molecular formula is C18H26N3O2S+. The maximum Gasteiger partial charge on any atom is 0.260 e. The van der Waals surface area contributed by atoms with Crippen LogP contribution in [0.15, 0.2) is 4.79 Å². The number of quaternary nitrogens is 1. The number of thiophene rings is 1. The van der Waals surface area contributed by atoms with E-state index in [2.05, 4.69) is 23.9 Å². The average molecular weight is 348 g/mol. The van der Waals surface area contributed by atoms with Gasteiger partial charge in [-0.2, -0.15) is 0 Å². The lowest BCUT2D eigenvalue weighted by Crippen LogP contribution is -3.12. The van der Waals surface area contributed by atoms with Crippen LogP contribution in [0.4, 0.5) is 0 Å². The van der Waals surface area contributed by atoms with E-state index in [0.29, 0.717) is 21.1 Å². The Kier molecular flexibility index (Phi) is 4.88. The van der Waals surface area contributed by atoms with Crippen molar-refractivity contribution in [3.8, 4) is 0 Å². The van der Waals surface area contributed by atoms with Crippen LogP contribution in [0.1, 0.15) is 60.6 Å². The third-order valence-electron chi connectivity index (χ3n) is 5.33. The normalized spacial score (nSPS) is 22.7. The first-order valence-corrected chi connectivity index (χ1v) is 9.54. The van der Waals surface area contributed by atoms with E-state index in [4.69, 9.17) is 0 Å². The van der Waals surface area contributed by atoms with Crippen LogP contribution in [-0.2, 0) is 6.54 Å². The molecule has 0 aliphatic heterocycles. The van der Waals surface area contributed by atoms with Gasteiger partial charge in [0.2, 0.25) is 0 Å². The number of nitrogens with one attached hydrogen (secondary N) is 2. The molecule has 3 rings (SSSR count). The molecule has 6 heteroatoms. The summed E-state index contributed by atoms with van der Waals surface area (Å²) in [5.41, 5.74) is 0.631. The number of aromatic amines is 1. The molecule has 130 valence electrons. The molecule has 1 aliphatic carbocycles. The molecule has 1 fully saturated rings. The van der Waals surface area contributed by atoms with Gasteiger partial charge in [0.1, 0.15) is 11.4 Å². The molecule has 0 spiro atoms. The number of hydrogen-bond acceptors (Lipinski definition) is 4. The van der Waals surface area contributed by atoms with Gasteiger partial charge >= 0.3 is 0 Å². The highest BCUT2D eigenvalue weighted by atomic mass is 32.1. The first kappa shape index (κ1) is 17.3. The Labute approximate surface area is 146 Å². The standard InChI is InChI=1S/C18H25N3O2S/c1-10-5-7-13(8-6-10)21(4)9-14-19-17(23)15-11(2)16(12(3)22)24-18(15)20-14/h10,13H,5-9H2,1-4H3,(H,19,20,23)/p+1. The fraction of sp³-hybridized carbons (Fsp3) is 0.611. The molecule has 2 N–H and O–H groups in total. The van der Waals surface area contributed by atoms with Gasteiger partial charge in [0.15, 0.2) is 11.6 Å². The van der Waals surface area contributed by atoms with Crippen molar-refractivity contribution in [2.75, 3.05) is 7.05 Å². The summed E-state index contributed by atoms with van der Waals surface area (Å²) in [6.07, 6.45) is 5.06. The minimum Gasteiger partial charge on any atom is -0.329 e. The summed E-state index contributed by atoms with van der Waals surface area (Å²) in [6, 6.07) is 0.639. The minimum absolute atomic E-state index is 0.00415. The van der Waals surface area contributed by atoms with Gasteiger partial charge in [-0.05, 0) is 51.0 Å². The Morgan fingerprint density at radius 2 is 2.00 bits per heavy atom. The number of ketones is 1. The van der Waals surface area contributed by atoms with Gasteiger partial charge in [-0.15, -0.1) is 11.3 Å². The number of hydrogen-bond donors (Lipinski definition) is 2. The van der Waals surface area contributed by atoms with E-state index in [-0.39, 0.29) is 11.3 Å². The maximum absolute atomic E-state index is 12.4. The third kappa shape index (κ3) is 3.30. The molecule has 5 nitrogen and oxygen atoms in total. The first-order chi connectivity index (χ1) is 11.4. The number of H-pyrrole nitrogens is 1. The van der Waals surface area contributed by atoms with Crippen LogP contribution in [-0.4, -0.2) is 28.8 Å². The highest BCUT2D eigenvalue weighted by molar-refractivity contribution is 7.20. The Bertz CT molecular complexity index is 816. The Morgan fingerprint density at radius 3 is 2.62 bits per heavy atom. The molecule has 0 saturated heterocycles. The SMILES string of the molecule is CC(=O)c1sc2nc(C[NH+](C)C3CCC(C)CC3)[nH]c(=O)c2c1C. The summed E-state index contributed by atoms with van der Waals surface area (Å²) < 4.78 is 0. The Balaban J connectivity index is 1.85. The fourth-order valence-corrected chi connectivity index (χ4v) is 4.87. The number of nitrogens with zero attached hydrogens (tertiary/aromatic N) is 1. The zero-order valence-electron chi connectivity index (χ0n) is 14.9. The number of fused-ring (bicyclic) bond motifs is 1. The van der Waals surface area contributed by atoms with E-state index in [9.17, 15) is 9.59 Å². The summed E-state index contributed by atoms with van der Waals surface area (Å²) in [5.74, 6) is 1.55. The predicted octanol–water partition coefficient (Wildman–Crippen LogP) is 2.09. The first-order valence-electron chi connectivity index (χ1n) is 8.72. The van der Waals surface area contributed by atoms with Crippen molar-refractivity contribution >= 4 is 27.3 Å². The summed E-state index contributed by atoms with van der Waals surface area (Å²) in [5, 5.41) is 0.568. The smallest absolute Gasteiger partial charge is 0.260 e. The van der Waals surface area contributed by atoms with Crippen LogP contribution in [0.5, 0.6) is 0 Å². The lowest BCUT2D eigenvalue weighted by Gasteiger charge is -2.30. The van der Waals surface area contributed by atoms with E-state index in [0.717, 1.165) is 23.9 Å². The van der Waals surface area contributed by atoms with Gasteiger partial charge in [0, 0.05) is 0 Å². The summed E-state index contributed by atoms with van der Waals surface area (Å²) in [6.45, 7) is 6.41. The van der Waals surface area contributed by atoms with E-state index >= 15 is 0 Å². The van der Waals surface area contributed by atoms with Gasteiger partial charge in [-0.1, -0.05) is 6.92 Å². The molecule has 0 aromatic carbocycles. The minimum atomic E-state index is -0.124. The van der Waals surface area contributed by atoms with Crippen molar-refractivity contribution in [1.82, 2.24) is 9.97 Å². The van der Waals surface area contributed by atoms with Gasteiger partial charge in [-0.25, -0.2) is 4.98 Å². The molecule has 1 aliphatic rings. The fourth-order valence-electron chi connectivity index (χ4n) is 3.77. The van der Waals surface area contributed by atoms with Crippen molar-refractivity contribution in [1.29, 1.82) is 0 Å². The van der Waals surface area contributed by atoms with E-state index < -0.39 is 0 Å².